The van der Waals surface area contributed by atoms with E-state index in [0.717, 1.165) is 24.2 Å². The molecule has 0 spiro atoms. The first-order valence-electron chi connectivity index (χ1n) is 13.9. The zero-order chi connectivity index (χ0) is 30.3. The van der Waals surface area contributed by atoms with Gasteiger partial charge in [0.2, 0.25) is 6.79 Å². The zero-order valence-corrected chi connectivity index (χ0v) is 24.3. The van der Waals surface area contributed by atoms with E-state index in [-0.39, 0.29) is 31.2 Å². The van der Waals surface area contributed by atoms with Crippen LogP contribution >= 0.6 is 0 Å². The standard InChI is InChI=1S/C33H33FN2O7/c1-4-5-6-32-35-18-25(14-23(33(37)38)13-22-15-30-31(43-20-42-30)17-28(22)40-3)36(32)27-12-11-26(39-2)16-29(27)41-19-21-7-9-24(34)10-8-21/h7-12,14-18H,4-6,13,19-20H2,1-3H3,(H,37,38)/b23-14+. The highest BCUT2D eigenvalue weighted by molar-refractivity contribution is 5.92. The molecule has 0 bridgehead atoms. The van der Waals surface area contributed by atoms with E-state index in [2.05, 4.69) is 11.9 Å². The molecule has 0 unspecified atom stereocenters. The minimum absolute atomic E-state index is 0.0706. The molecule has 4 aromatic rings. The van der Waals surface area contributed by atoms with Gasteiger partial charge in [-0.15, -0.1) is 0 Å². The third kappa shape index (κ3) is 6.74. The number of unbranched alkanes of at least 4 members (excludes halogenated alkanes) is 1. The van der Waals surface area contributed by atoms with Gasteiger partial charge >= 0.3 is 5.97 Å². The lowest BCUT2D eigenvalue weighted by Gasteiger charge is -2.17. The van der Waals surface area contributed by atoms with Crippen LogP contribution in [0.5, 0.6) is 28.7 Å². The van der Waals surface area contributed by atoms with Crippen molar-refractivity contribution < 1.29 is 38.0 Å². The Morgan fingerprint density at radius 1 is 1.05 bits per heavy atom. The molecule has 3 aromatic carbocycles. The van der Waals surface area contributed by atoms with Gasteiger partial charge in [0.15, 0.2) is 11.5 Å². The predicted octanol–water partition coefficient (Wildman–Crippen LogP) is 6.39. The Balaban J connectivity index is 1.56. The monoisotopic (exact) mass is 588 g/mol. The van der Waals surface area contributed by atoms with Gasteiger partial charge in [-0.1, -0.05) is 25.5 Å². The van der Waals surface area contributed by atoms with Gasteiger partial charge in [-0.25, -0.2) is 14.2 Å². The molecular weight excluding hydrogens is 555 g/mol. The van der Waals surface area contributed by atoms with Crippen LogP contribution in [-0.4, -0.2) is 41.6 Å². The Hall–Kier alpha value is -4.99. The van der Waals surface area contributed by atoms with Crippen molar-refractivity contribution in [3.05, 3.63) is 94.8 Å². The molecule has 0 atom stereocenters. The van der Waals surface area contributed by atoms with E-state index >= 15 is 0 Å². The molecule has 5 rings (SSSR count). The van der Waals surface area contributed by atoms with E-state index in [9.17, 15) is 14.3 Å². The number of methoxy groups -OCH3 is 2. The number of hydrogen-bond acceptors (Lipinski definition) is 7. The summed E-state index contributed by atoms with van der Waals surface area (Å²) in [4.78, 5) is 17.2. The summed E-state index contributed by atoms with van der Waals surface area (Å²) in [7, 11) is 3.10. The lowest BCUT2D eigenvalue weighted by Crippen LogP contribution is -2.09. The highest BCUT2D eigenvalue weighted by Crippen LogP contribution is 2.39. The molecule has 9 nitrogen and oxygen atoms in total. The first kappa shape index (κ1) is 29.5. The number of nitrogens with zero attached hydrogens (tertiary/aromatic N) is 2. The zero-order valence-electron chi connectivity index (χ0n) is 24.3. The molecule has 0 fully saturated rings. The lowest BCUT2D eigenvalue weighted by molar-refractivity contribution is -0.132. The van der Waals surface area contributed by atoms with Gasteiger partial charge in [0.05, 0.1) is 31.8 Å². The minimum atomic E-state index is -1.08. The van der Waals surface area contributed by atoms with Crippen LogP contribution in [-0.2, 0) is 24.2 Å². The normalized spacial score (nSPS) is 12.3. The largest absolute Gasteiger partial charge is 0.497 e. The number of ether oxygens (including phenoxy) is 5. The summed E-state index contributed by atoms with van der Waals surface area (Å²) < 4.78 is 43.5. The van der Waals surface area contributed by atoms with E-state index < -0.39 is 5.97 Å². The van der Waals surface area contributed by atoms with Gasteiger partial charge in [-0.2, -0.15) is 0 Å². The van der Waals surface area contributed by atoms with Crippen molar-refractivity contribution >= 4 is 12.0 Å². The Morgan fingerprint density at radius 2 is 1.81 bits per heavy atom. The molecule has 43 heavy (non-hydrogen) atoms. The van der Waals surface area contributed by atoms with Gasteiger partial charge in [0.25, 0.3) is 0 Å². The average molecular weight is 589 g/mol. The fraction of sp³-hybridized carbons (Fsp3) is 0.273. The molecule has 10 heteroatoms. The maximum Gasteiger partial charge on any atom is 0.331 e. The van der Waals surface area contributed by atoms with Gasteiger partial charge in [-0.05, 0) is 48.4 Å². The van der Waals surface area contributed by atoms with Crippen molar-refractivity contribution in [1.29, 1.82) is 0 Å². The molecule has 0 radical (unpaired) electrons. The van der Waals surface area contributed by atoms with Gasteiger partial charge in [0, 0.05) is 36.1 Å². The van der Waals surface area contributed by atoms with Crippen molar-refractivity contribution in [2.45, 2.75) is 39.2 Å². The molecule has 0 saturated carbocycles. The van der Waals surface area contributed by atoms with Crippen LogP contribution in [0.2, 0.25) is 0 Å². The summed E-state index contributed by atoms with van der Waals surface area (Å²) in [6, 6.07) is 15.0. The van der Waals surface area contributed by atoms with Crippen molar-refractivity contribution in [2.75, 3.05) is 21.0 Å². The number of aliphatic carboxylic acids is 1. The Bertz CT molecular complexity index is 1630. The Kier molecular flexibility index (Phi) is 9.14. The maximum absolute atomic E-state index is 13.5. The van der Waals surface area contributed by atoms with Crippen molar-refractivity contribution in [2.24, 2.45) is 0 Å². The van der Waals surface area contributed by atoms with E-state index in [4.69, 9.17) is 23.7 Å². The summed E-state index contributed by atoms with van der Waals surface area (Å²) in [6.45, 7) is 2.38. The van der Waals surface area contributed by atoms with Gasteiger partial charge in [0.1, 0.15) is 35.5 Å². The second-order valence-electron chi connectivity index (χ2n) is 9.96. The highest BCUT2D eigenvalue weighted by atomic mass is 19.1. The molecule has 224 valence electrons. The maximum atomic E-state index is 13.5. The molecule has 1 aromatic heterocycles. The third-order valence-corrected chi connectivity index (χ3v) is 7.08. The molecule has 1 aliphatic heterocycles. The number of halogens is 1. The smallest absolute Gasteiger partial charge is 0.331 e. The topological polar surface area (TPSA) is 101 Å². The second-order valence-corrected chi connectivity index (χ2v) is 9.96. The summed E-state index contributed by atoms with van der Waals surface area (Å²) in [5, 5.41) is 10.3. The number of hydrogen-bond donors (Lipinski definition) is 1. The lowest BCUT2D eigenvalue weighted by atomic mass is 10.0. The quantitative estimate of drug-likeness (QED) is 0.179. The molecule has 2 heterocycles. The van der Waals surface area contributed by atoms with E-state index in [1.165, 1.54) is 19.2 Å². The predicted molar refractivity (Wildman–Crippen MR) is 158 cm³/mol. The summed E-state index contributed by atoms with van der Waals surface area (Å²) in [5.74, 6) is 2.03. The molecule has 0 saturated heterocycles. The number of rotatable bonds is 13. The van der Waals surface area contributed by atoms with Crippen molar-refractivity contribution in [3.63, 3.8) is 0 Å². The fourth-order valence-electron chi connectivity index (χ4n) is 4.83. The Morgan fingerprint density at radius 3 is 2.51 bits per heavy atom. The molecular formula is C33H33FN2O7. The molecule has 0 amide bonds. The average Bonchev–Trinajstić information content (AvgIpc) is 3.64. The molecule has 0 aliphatic carbocycles. The van der Waals surface area contributed by atoms with Gasteiger partial charge < -0.3 is 28.8 Å². The van der Waals surface area contributed by atoms with Crippen LogP contribution in [0.15, 0.2) is 66.4 Å². The van der Waals surface area contributed by atoms with Crippen LogP contribution < -0.4 is 23.7 Å². The number of imidazole rings is 1. The van der Waals surface area contributed by atoms with Crippen LogP contribution in [0.25, 0.3) is 11.8 Å². The number of fused-ring (bicyclic) bond motifs is 1. The number of carboxylic acids is 1. The third-order valence-electron chi connectivity index (χ3n) is 7.08. The highest BCUT2D eigenvalue weighted by Gasteiger charge is 2.22. The molecule has 1 aliphatic rings. The van der Waals surface area contributed by atoms with Crippen LogP contribution in [0.1, 0.15) is 42.4 Å². The van der Waals surface area contributed by atoms with Crippen LogP contribution in [0.3, 0.4) is 0 Å². The fourth-order valence-corrected chi connectivity index (χ4v) is 4.83. The Labute approximate surface area is 249 Å². The first-order chi connectivity index (χ1) is 20.9. The first-order valence-corrected chi connectivity index (χ1v) is 13.9. The van der Waals surface area contributed by atoms with Crippen molar-refractivity contribution in [1.82, 2.24) is 9.55 Å². The molecule has 1 N–H and O–H groups in total. The van der Waals surface area contributed by atoms with E-state index in [1.807, 2.05) is 16.7 Å². The number of carboxylic acid groups (broad SMARTS) is 1. The summed E-state index contributed by atoms with van der Waals surface area (Å²) in [5.41, 5.74) is 2.80. The SMILES string of the molecule is CCCCc1ncc(/C=C(\Cc2cc3c(cc2OC)OCO3)C(=O)O)n1-c1ccc(OC)cc1OCc1ccc(F)cc1. The van der Waals surface area contributed by atoms with E-state index in [1.54, 1.807) is 49.7 Å². The van der Waals surface area contributed by atoms with Crippen LogP contribution in [0, 0.1) is 5.82 Å². The van der Waals surface area contributed by atoms with E-state index in [0.29, 0.717) is 52.1 Å². The van der Waals surface area contributed by atoms with Crippen molar-refractivity contribution in [3.8, 4) is 34.4 Å². The summed E-state index contributed by atoms with van der Waals surface area (Å²) in [6.07, 6.45) is 5.87. The minimum Gasteiger partial charge on any atom is -0.497 e. The van der Waals surface area contributed by atoms with Crippen LogP contribution in [0.4, 0.5) is 4.39 Å². The van der Waals surface area contributed by atoms with Gasteiger partial charge in [-0.3, -0.25) is 4.57 Å². The summed E-state index contributed by atoms with van der Waals surface area (Å²) >= 11 is 0. The number of aromatic nitrogens is 2. The number of aryl methyl sites for hydroxylation is 1. The second kappa shape index (κ2) is 13.3. The number of carbonyl (C=O) groups is 1. The number of benzene rings is 3.